The summed E-state index contributed by atoms with van der Waals surface area (Å²) in [4.78, 5) is 49.7. The van der Waals surface area contributed by atoms with Gasteiger partial charge in [0.15, 0.2) is 0 Å². The molecule has 2 atom stereocenters. The normalized spacial score (nSPS) is 19.1. The fraction of sp³-hybridized carbons (Fsp3) is 0.300. The number of nitrogens with two attached hydrogens (primary N) is 1. The third-order valence-electron chi connectivity index (χ3n) is 4.90. The van der Waals surface area contributed by atoms with Gasteiger partial charge in [0.1, 0.15) is 6.04 Å². The number of hydrogen-bond acceptors (Lipinski definition) is 4. The van der Waals surface area contributed by atoms with Gasteiger partial charge in [0, 0.05) is 37.1 Å². The lowest BCUT2D eigenvalue weighted by Crippen LogP contribution is -2.57. The highest BCUT2D eigenvalue weighted by atomic mass is 16.2. The van der Waals surface area contributed by atoms with Gasteiger partial charge in [-0.2, -0.15) is 0 Å². The maximum atomic E-state index is 12.7. The van der Waals surface area contributed by atoms with Crippen LogP contribution in [-0.4, -0.2) is 39.8 Å². The lowest BCUT2D eigenvalue weighted by atomic mass is 9.87. The number of primary amides is 1. The molecule has 146 valence electrons. The number of amides is 3. The number of rotatable bonds is 4. The summed E-state index contributed by atoms with van der Waals surface area (Å²) in [6.45, 7) is 1.77. The Morgan fingerprint density at radius 3 is 2.43 bits per heavy atom. The highest BCUT2D eigenvalue weighted by Gasteiger charge is 2.40. The molecule has 1 aliphatic heterocycles. The zero-order chi connectivity index (χ0) is 20.3. The van der Waals surface area contributed by atoms with E-state index in [2.05, 4.69) is 5.32 Å². The van der Waals surface area contributed by atoms with Crippen LogP contribution in [0.1, 0.15) is 19.8 Å². The number of nitrogens with one attached hydrogen (secondary N) is 1. The predicted molar refractivity (Wildman–Crippen MR) is 104 cm³/mol. The number of nitrogens with zero attached hydrogens (tertiary/aromatic N) is 2. The summed E-state index contributed by atoms with van der Waals surface area (Å²) in [5, 5.41) is 2.78. The Kier molecular flexibility index (Phi) is 5.58. The lowest BCUT2D eigenvalue weighted by Gasteiger charge is -2.38. The molecule has 28 heavy (non-hydrogen) atoms. The van der Waals surface area contributed by atoms with Crippen LogP contribution >= 0.6 is 0 Å². The van der Waals surface area contributed by atoms with Gasteiger partial charge in [0.05, 0.1) is 5.92 Å². The Morgan fingerprint density at radius 1 is 1.11 bits per heavy atom. The lowest BCUT2D eigenvalue weighted by molar-refractivity contribution is -0.144. The van der Waals surface area contributed by atoms with Crippen molar-refractivity contribution < 1.29 is 14.4 Å². The van der Waals surface area contributed by atoms with Gasteiger partial charge < -0.3 is 16.0 Å². The predicted octanol–water partition coefficient (Wildman–Crippen LogP) is 0.888. The highest BCUT2D eigenvalue weighted by molar-refractivity contribution is 5.98. The topological polar surface area (TPSA) is 114 Å². The number of pyridine rings is 1. The van der Waals surface area contributed by atoms with E-state index >= 15 is 0 Å². The summed E-state index contributed by atoms with van der Waals surface area (Å²) < 4.78 is 1.49. The number of hydrogen-bond donors (Lipinski definition) is 2. The number of benzene rings is 1. The molecule has 0 bridgehead atoms. The number of carbonyl (C=O) groups excluding carboxylic acids is 3. The van der Waals surface area contributed by atoms with Gasteiger partial charge in [0.25, 0.3) is 5.56 Å². The number of likely N-dealkylation sites (tertiary alicyclic amines) is 1. The molecule has 1 aliphatic rings. The van der Waals surface area contributed by atoms with Crippen LogP contribution in [0.25, 0.3) is 5.69 Å². The maximum absolute atomic E-state index is 12.7. The standard InChI is InChI=1S/C20H22N4O4/c1-13(25)23-12-4-5-16(18(23)19(21)27)20(28)22-14-7-9-15(10-8-14)24-11-3-2-6-17(24)26/h2-3,6-11,16,18H,4-5,12H2,1H3,(H2,21,27)(H,22,28). The number of carbonyl (C=O) groups is 3. The summed E-state index contributed by atoms with van der Waals surface area (Å²) in [6, 6.07) is 10.7. The maximum Gasteiger partial charge on any atom is 0.255 e. The second-order valence-corrected chi connectivity index (χ2v) is 6.75. The van der Waals surface area contributed by atoms with Gasteiger partial charge >= 0.3 is 0 Å². The van der Waals surface area contributed by atoms with E-state index in [4.69, 9.17) is 5.73 Å². The second kappa shape index (κ2) is 8.08. The third-order valence-corrected chi connectivity index (χ3v) is 4.90. The van der Waals surface area contributed by atoms with Crippen LogP contribution in [-0.2, 0) is 14.4 Å². The van der Waals surface area contributed by atoms with Crippen LogP contribution in [0, 0.1) is 5.92 Å². The highest BCUT2D eigenvalue weighted by Crippen LogP contribution is 2.25. The van der Waals surface area contributed by atoms with Crippen LogP contribution in [0.5, 0.6) is 0 Å². The minimum absolute atomic E-state index is 0.157. The molecule has 2 aromatic rings. The van der Waals surface area contributed by atoms with Crippen LogP contribution in [0.4, 0.5) is 5.69 Å². The van der Waals surface area contributed by atoms with E-state index in [1.165, 1.54) is 22.5 Å². The van der Waals surface area contributed by atoms with Crippen molar-refractivity contribution in [3.63, 3.8) is 0 Å². The molecule has 1 fully saturated rings. The molecule has 3 amide bonds. The zero-order valence-corrected chi connectivity index (χ0v) is 15.5. The van der Waals surface area contributed by atoms with Crippen LogP contribution in [0.3, 0.4) is 0 Å². The van der Waals surface area contributed by atoms with E-state index in [1.54, 1.807) is 42.6 Å². The average molecular weight is 382 g/mol. The van der Waals surface area contributed by atoms with Gasteiger partial charge in [-0.1, -0.05) is 6.07 Å². The summed E-state index contributed by atoms with van der Waals surface area (Å²) in [5.74, 6) is -2.03. The first-order valence-corrected chi connectivity index (χ1v) is 9.04. The Labute approximate surface area is 161 Å². The van der Waals surface area contributed by atoms with E-state index in [9.17, 15) is 19.2 Å². The van der Waals surface area contributed by atoms with E-state index in [-0.39, 0.29) is 17.4 Å². The van der Waals surface area contributed by atoms with E-state index in [0.29, 0.717) is 30.8 Å². The summed E-state index contributed by atoms with van der Waals surface area (Å²) >= 11 is 0. The molecule has 2 heterocycles. The van der Waals surface area contributed by atoms with E-state index in [1.807, 2.05) is 0 Å². The number of piperidine rings is 1. The Hall–Kier alpha value is -3.42. The van der Waals surface area contributed by atoms with Crippen molar-refractivity contribution in [2.24, 2.45) is 11.7 Å². The first-order chi connectivity index (χ1) is 13.4. The summed E-state index contributed by atoms with van der Waals surface area (Å²) in [7, 11) is 0. The molecule has 0 radical (unpaired) electrons. The molecular weight excluding hydrogens is 360 g/mol. The Balaban J connectivity index is 1.76. The largest absolute Gasteiger partial charge is 0.368 e. The van der Waals surface area contributed by atoms with Crippen molar-refractivity contribution in [3.8, 4) is 5.69 Å². The van der Waals surface area contributed by atoms with Crippen LogP contribution in [0.15, 0.2) is 53.5 Å². The van der Waals surface area contributed by atoms with Crippen molar-refractivity contribution >= 4 is 23.4 Å². The summed E-state index contributed by atoms with van der Waals surface area (Å²) in [6.07, 6.45) is 2.75. The Morgan fingerprint density at radius 2 is 1.82 bits per heavy atom. The molecule has 3 N–H and O–H groups in total. The Bertz CT molecular complexity index is 951. The minimum atomic E-state index is -0.951. The van der Waals surface area contributed by atoms with Crippen molar-refractivity contribution in [3.05, 3.63) is 59.0 Å². The zero-order valence-electron chi connectivity index (χ0n) is 15.5. The fourth-order valence-corrected chi connectivity index (χ4v) is 3.56. The molecule has 8 heteroatoms. The average Bonchev–Trinajstić information content (AvgIpc) is 2.68. The second-order valence-electron chi connectivity index (χ2n) is 6.75. The van der Waals surface area contributed by atoms with Crippen molar-refractivity contribution in [2.45, 2.75) is 25.8 Å². The molecule has 1 aromatic carbocycles. The monoisotopic (exact) mass is 382 g/mol. The number of aromatic nitrogens is 1. The van der Waals surface area contributed by atoms with Gasteiger partial charge in [-0.3, -0.25) is 23.7 Å². The van der Waals surface area contributed by atoms with Crippen molar-refractivity contribution in [1.82, 2.24) is 9.47 Å². The van der Waals surface area contributed by atoms with Gasteiger partial charge in [-0.15, -0.1) is 0 Å². The van der Waals surface area contributed by atoms with Gasteiger partial charge in [-0.25, -0.2) is 0 Å². The molecule has 0 saturated carbocycles. The quantitative estimate of drug-likeness (QED) is 0.817. The van der Waals surface area contributed by atoms with Gasteiger partial charge in [-0.05, 0) is 43.2 Å². The van der Waals surface area contributed by atoms with Crippen LogP contribution < -0.4 is 16.6 Å². The van der Waals surface area contributed by atoms with Crippen LogP contribution in [0.2, 0.25) is 0 Å². The molecule has 1 saturated heterocycles. The van der Waals surface area contributed by atoms with Gasteiger partial charge in [0.2, 0.25) is 17.7 Å². The van der Waals surface area contributed by atoms with Crippen molar-refractivity contribution in [2.75, 3.05) is 11.9 Å². The van der Waals surface area contributed by atoms with E-state index < -0.39 is 17.9 Å². The first kappa shape index (κ1) is 19.3. The third kappa shape index (κ3) is 3.95. The van der Waals surface area contributed by atoms with Crippen molar-refractivity contribution in [1.29, 1.82) is 0 Å². The molecular formula is C20H22N4O4. The molecule has 0 aliphatic carbocycles. The molecule has 0 spiro atoms. The molecule has 8 nitrogen and oxygen atoms in total. The minimum Gasteiger partial charge on any atom is -0.368 e. The number of anilines is 1. The SMILES string of the molecule is CC(=O)N1CCCC(C(=O)Nc2ccc(-n3ccccc3=O)cc2)C1C(N)=O. The summed E-state index contributed by atoms with van der Waals surface area (Å²) in [5.41, 5.74) is 6.51. The molecule has 2 unspecified atom stereocenters. The molecule has 3 rings (SSSR count). The smallest absolute Gasteiger partial charge is 0.255 e. The first-order valence-electron chi connectivity index (χ1n) is 9.04. The molecule has 1 aromatic heterocycles. The van der Waals surface area contributed by atoms with E-state index in [0.717, 1.165) is 0 Å². The fourth-order valence-electron chi connectivity index (χ4n) is 3.56.